The Morgan fingerprint density at radius 3 is 2.11 bits per heavy atom. The van der Waals surface area contributed by atoms with Crippen molar-refractivity contribution in [3.8, 4) is 0 Å². The van der Waals surface area contributed by atoms with Crippen LogP contribution in [-0.2, 0) is 18.9 Å². The molecule has 3 aliphatic carbocycles. The normalized spacial score (nSPS) is 58.7. The summed E-state index contributed by atoms with van der Waals surface area (Å²) in [5, 5.41) is 71.1. The molecule has 2 heterocycles. The number of hydrogen-bond acceptors (Lipinski definition) is 11. The van der Waals surface area contributed by atoms with E-state index in [2.05, 4.69) is 20.8 Å². The van der Waals surface area contributed by atoms with Crippen LogP contribution in [0.25, 0.3) is 0 Å². The van der Waals surface area contributed by atoms with Crippen molar-refractivity contribution in [1.82, 2.24) is 0 Å². The lowest BCUT2D eigenvalue weighted by atomic mass is 9.74. The molecule has 0 aromatic carbocycles. The van der Waals surface area contributed by atoms with Crippen LogP contribution >= 0.6 is 0 Å². The van der Waals surface area contributed by atoms with E-state index in [4.69, 9.17) is 18.9 Å². The molecule has 0 aromatic rings. The Balaban J connectivity index is 1.28. The molecule has 0 amide bonds. The van der Waals surface area contributed by atoms with Crippen molar-refractivity contribution in [3.05, 3.63) is 0 Å². The second-order valence-electron chi connectivity index (χ2n) is 13.0. The Labute approximate surface area is 223 Å². The highest BCUT2D eigenvalue weighted by Crippen LogP contribution is 2.72. The van der Waals surface area contributed by atoms with Crippen LogP contribution in [0.5, 0.6) is 0 Å². The second-order valence-corrected chi connectivity index (χ2v) is 13.0. The molecule has 11 nitrogen and oxygen atoms in total. The molecule has 2 saturated heterocycles. The molecule has 5 aliphatic rings. The van der Waals surface area contributed by atoms with Crippen molar-refractivity contribution in [2.75, 3.05) is 13.2 Å². The summed E-state index contributed by atoms with van der Waals surface area (Å²) in [6.07, 6.45) is -8.41. The van der Waals surface area contributed by atoms with Crippen molar-refractivity contribution < 1.29 is 54.7 Å². The lowest BCUT2D eigenvalue weighted by molar-refractivity contribution is -0.327. The van der Waals surface area contributed by atoms with Gasteiger partial charge in [-0.05, 0) is 68.1 Å². The zero-order valence-electron chi connectivity index (χ0n) is 22.7. The van der Waals surface area contributed by atoms with Crippen LogP contribution in [0.4, 0.5) is 0 Å². The van der Waals surface area contributed by atoms with Gasteiger partial charge in [0.25, 0.3) is 0 Å². The summed E-state index contributed by atoms with van der Waals surface area (Å²) in [6, 6.07) is 0. The van der Waals surface area contributed by atoms with Crippen molar-refractivity contribution in [2.45, 2.75) is 120 Å². The first-order valence-corrected chi connectivity index (χ1v) is 14.1. The van der Waals surface area contributed by atoms with Crippen LogP contribution in [0, 0.1) is 35.0 Å². The highest BCUT2D eigenvalue weighted by atomic mass is 16.7. The Bertz CT molecular complexity index is 844. The fourth-order valence-corrected chi connectivity index (χ4v) is 8.28. The Morgan fingerprint density at radius 1 is 0.763 bits per heavy atom. The van der Waals surface area contributed by atoms with E-state index in [-0.39, 0.29) is 11.3 Å². The maximum Gasteiger partial charge on any atom is 0.187 e. The highest BCUT2D eigenvalue weighted by molar-refractivity contribution is 5.17. The Hall–Kier alpha value is -0.440. The number of aliphatic hydroxyl groups excluding tert-OH is 7. The zero-order chi connectivity index (χ0) is 27.7. The molecule has 11 heteroatoms. The average molecular weight is 547 g/mol. The minimum Gasteiger partial charge on any atom is -0.394 e. The van der Waals surface area contributed by atoms with Crippen LogP contribution in [0.1, 0.15) is 53.4 Å². The van der Waals surface area contributed by atoms with Gasteiger partial charge in [0.15, 0.2) is 12.6 Å². The molecule has 0 radical (unpaired) electrons. The van der Waals surface area contributed by atoms with E-state index >= 15 is 0 Å². The summed E-state index contributed by atoms with van der Waals surface area (Å²) in [5.41, 5.74) is -0.743. The van der Waals surface area contributed by atoms with Crippen molar-refractivity contribution in [3.63, 3.8) is 0 Å². The predicted molar refractivity (Wildman–Crippen MR) is 131 cm³/mol. The fourth-order valence-electron chi connectivity index (χ4n) is 8.28. The van der Waals surface area contributed by atoms with Crippen molar-refractivity contribution >= 4 is 0 Å². The number of rotatable bonds is 6. The zero-order valence-corrected chi connectivity index (χ0v) is 22.7. The lowest BCUT2D eigenvalue weighted by Gasteiger charge is -2.46. The van der Waals surface area contributed by atoms with Crippen LogP contribution < -0.4 is 0 Å². The van der Waals surface area contributed by atoms with Gasteiger partial charge in [-0.2, -0.15) is 0 Å². The summed E-state index contributed by atoms with van der Waals surface area (Å²) in [6.45, 7) is 7.99. The van der Waals surface area contributed by atoms with Crippen LogP contribution in [0.3, 0.4) is 0 Å². The number of hydrogen-bond donors (Lipinski definition) is 7. The van der Waals surface area contributed by atoms with Gasteiger partial charge in [0.05, 0.1) is 24.9 Å². The van der Waals surface area contributed by atoms with Gasteiger partial charge in [0, 0.05) is 0 Å². The smallest absolute Gasteiger partial charge is 0.187 e. The van der Waals surface area contributed by atoms with Gasteiger partial charge in [-0.15, -0.1) is 0 Å². The number of aliphatic hydroxyl groups is 7. The molecule has 17 atom stereocenters. The highest BCUT2D eigenvalue weighted by Gasteiger charge is 2.70. The number of fused-ring (bicyclic) bond motifs is 3. The SMILES string of the molecule is C[C@@H]1CC[C@H]2[C@@H]1[C@H]1[C@@H](CC[C@@]2(C)O[C@@H]2O[C@@H](C)[C@H](O)[C@@H](O)[C@H]2O)[C@]1(C)CO[C@@H]1O[C@H](CO)[C@H](O)[C@H](O)[C@H]1O. The first kappa shape index (κ1) is 29.1. The molecule has 0 unspecified atom stereocenters. The quantitative estimate of drug-likeness (QED) is 0.220. The van der Waals surface area contributed by atoms with Crippen molar-refractivity contribution in [1.29, 1.82) is 0 Å². The predicted octanol–water partition coefficient (Wildman–Crippen LogP) is -0.886. The van der Waals surface area contributed by atoms with E-state index in [9.17, 15) is 35.7 Å². The van der Waals surface area contributed by atoms with E-state index in [1.807, 2.05) is 0 Å². The van der Waals surface area contributed by atoms with Crippen molar-refractivity contribution in [2.24, 2.45) is 35.0 Å². The largest absolute Gasteiger partial charge is 0.394 e. The summed E-state index contributed by atoms with van der Waals surface area (Å²) >= 11 is 0. The average Bonchev–Trinajstić information content (AvgIpc) is 3.32. The Kier molecular flexibility index (Phi) is 7.98. The van der Waals surface area contributed by atoms with Gasteiger partial charge < -0.3 is 54.7 Å². The van der Waals surface area contributed by atoms with Gasteiger partial charge in [0.1, 0.15) is 42.7 Å². The second kappa shape index (κ2) is 10.4. The van der Waals surface area contributed by atoms with E-state index in [0.717, 1.165) is 25.7 Å². The van der Waals surface area contributed by atoms with Gasteiger partial charge in [-0.1, -0.05) is 20.3 Å². The van der Waals surface area contributed by atoms with E-state index in [0.29, 0.717) is 30.3 Å². The summed E-state index contributed by atoms with van der Waals surface area (Å²) < 4.78 is 23.9. The fraction of sp³-hybridized carbons (Fsp3) is 1.00. The molecule has 7 N–H and O–H groups in total. The first-order valence-electron chi connectivity index (χ1n) is 14.1. The maximum absolute atomic E-state index is 10.6. The van der Waals surface area contributed by atoms with Crippen LogP contribution in [-0.4, -0.2) is 116 Å². The minimum absolute atomic E-state index is 0.169. The molecule has 38 heavy (non-hydrogen) atoms. The minimum atomic E-state index is -1.47. The topological polar surface area (TPSA) is 179 Å². The number of ether oxygens (including phenoxy) is 4. The van der Waals surface area contributed by atoms with Gasteiger partial charge in [0.2, 0.25) is 0 Å². The monoisotopic (exact) mass is 546 g/mol. The van der Waals surface area contributed by atoms with Crippen LogP contribution in [0.15, 0.2) is 0 Å². The molecule has 2 aliphatic heterocycles. The van der Waals surface area contributed by atoms with E-state index < -0.39 is 73.6 Å². The standard InChI is InChI=1S/C27H46O11/c1-11-5-6-13-16(11)17-14(7-8-27(13,4)38-25-23(34)20(31)18(29)12(2)36-25)26(17,3)10-35-24-22(33)21(32)19(30)15(9-28)37-24/h11-25,28-34H,5-10H2,1-4H3/t11-,12+,13+,14-,15-,16-,17-,18+,19+,20-,21+,22-,23-,24-,25+,26+,27-/m1/s1. The summed E-state index contributed by atoms with van der Waals surface area (Å²) in [5.74, 6) is 1.69. The summed E-state index contributed by atoms with van der Waals surface area (Å²) in [4.78, 5) is 0. The lowest BCUT2D eigenvalue weighted by Crippen LogP contribution is -2.60. The third kappa shape index (κ3) is 4.65. The van der Waals surface area contributed by atoms with E-state index in [1.54, 1.807) is 6.92 Å². The van der Waals surface area contributed by atoms with Crippen LogP contribution in [0.2, 0.25) is 0 Å². The van der Waals surface area contributed by atoms with Gasteiger partial charge in [-0.25, -0.2) is 0 Å². The molecule has 0 aromatic heterocycles. The third-order valence-electron chi connectivity index (χ3n) is 10.7. The molecule has 220 valence electrons. The molecular formula is C27H46O11. The maximum atomic E-state index is 10.6. The molecular weight excluding hydrogens is 500 g/mol. The van der Waals surface area contributed by atoms with Gasteiger partial charge in [-0.3, -0.25) is 0 Å². The van der Waals surface area contributed by atoms with E-state index in [1.165, 1.54) is 0 Å². The molecule has 5 rings (SSSR count). The molecule has 0 bridgehead atoms. The first-order chi connectivity index (χ1) is 17.8. The molecule has 3 saturated carbocycles. The molecule has 0 spiro atoms. The molecule has 5 fully saturated rings. The Morgan fingerprint density at radius 2 is 1.42 bits per heavy atom. The summed E-state index contributed by atoms with van der Waals surface area (Å²) in [7, 11) is 0. The third-order valence-corrected chi connectivity index (χ3v) is 10.7. The van der Waals surface area contributed by atoms with Gasteiger partial charge >= 0.3 is 0 Å².